The van der Waals surface area contributed by atoms with Gasteiger partial charge in [0.1, 0.15) is 5.56 Å². The number of carbonyl (C=O) groups is 1. The number of H-pyrrole nitrogens is 2. The molecule has 2 N–H and O–H groups in total. The lowest BCUT2D eigenvalue weighted by molar-refractivity contribution is 0.0604. The Morgan fingerprint density at radius 1 is 1.33 bits per heavy atom. The Morgan fingerprint density at radius 3 is 2.90 bits per heavy atom. The van der Waals surface area contributed by atoms with Crippen LogP contribution in [0.4, 0.5) is 0 Å². The van der Waals surface area contributed by atoms with E-state index < -0.39 is 0 Å². The Labute approximate surface area is 122 Å². The SMILES string of the molecule is Cc1ccc(C(=O)N2CCCC[C@@H]2c2ccn[nH]2)c(=O)[nH]1. The number of pyridine rings is 1. The predicted molar refractivity (Wildman–Crippen MR) is 78.0 cm³/mol. The van der Waals surface area contributed by atoms with Crippen molar-refractivity contribution in [1.82, 2.24) is 20.1 Å². The van der Waals surface area contributed by atoms with Crippen molar-refractivity contribution in [2.45, 2.75) is 32.2 Å². The standard InChI is InChI=1S/C15H18N4O2/c1-10-5-6-11(14(20)17-10)15(21)19-9-3-2-4-13(19)12-7-8-16-18-12/h5-8,13H,2-4,9H2,1H3,(H,16,18)(H,17,20)/t13-/m1/s1. The Kier molecular flexibility index (Phi) is 3.60. The number of hydrogen-bond donors (Lipinski definition) is 2. The zero-order valence-electron chi connectivity index (χ0n) is 11.9. The van der Waals surface area contributed by atoms with Crippen molar-refractivity contribution >= 4 is 5.91 Å². The Bertz CT molecular complexity index is 690. The smallest absolute Gasteiger partial charge is 0.260 e. The number of likely N-dealkylation sites (tertiary alicyclic amines) is 1. The minimum absolute atomic E-state index is 0.0329. The summed E-state index contributed by atoms with van der Waals surface area (Å²) in [4.78, 5) is 29.2. The monoisotopic (exact) mass is 286 g/mol. The summed E-state index contributed by atoms with van der Waals surface area (Å²) in [6.07, 6.45) is 4.60. The van der Waals surface area contributed by atoms with Crippen molar-refractivity contribution in [3.8, 4) is 0 Å². The Morgan fingerprint density at radius 2 is 2.19 bits per heavy atom. The summed E-state index contributed by atoms with van der Waals surface area (Å²) in [5.41, 5.74) is 1.55. The molecule has 0 spiro atoms. The number of aryl methyl sites for hydroxylation is 1. The number of carbonyl (C=O) groups excluding carboxylic acids is 1. The molecular weight excluding hydrogens is 268 g/mol. The average Bonchev–Trinajstić information content (AvgIpc) is 3.01. The molecule has 1 aliphatic rings. The summed E-state index contributed by atoms with van der Waals surface area (Å²) in [7, 11) is 0. The second kappa shape index (κ2) is 5.55. The van der Waals surface area contributed by atoms with Crippen LogP contribution in [0.15, 0.2) is 29.2 Å². The number of rotatable bonds is 2. The Balaban J connectivity index is 1.93. The van der Waals surface area contributed by atoms with Crippen LogP contribution < -0.4 is 5.56 Å². The summed E-state index contributed by atoms with van der Waals surface area (Å²) in [5.74, 6) is -0.212. The molecule has 0 aliphatic carbocycles. The molecule has 21 heavy (non-hydrogen) atoms. The van der Waals surface area contributed by atoms with Crippen LogP contribution >= 0.6 is 0 Å². The third kappa shape index (κ3) is 2.61. The van der Waals surface area contributed by atoms with Crippen molar-refractivity contribution < 1.29 is 4.79 Å². The first-order valence-corrected chi connectivity index (χ1v) is 7.17. The van der Waals surface area contributed by atoms with E-state index in [0.717, 1.165) is 30.7 Å². The lowest BCUT2D eigenvalue weighted by atomic mass is 9.98. The minimum Gasteiger partial charge on any atom is -0.330 e. The average molecular weight is 286 g/mol. The van der Waals surface area contributed by atoms with Gasteiger partial charge in [-0.25, -0.2) is 0 Å². The van der Waals surface area contributed by atoms with Gasteiger partial charge < -0.3 is 9.88 Å². The molecule has 0 bridgehead atoms. The molecule has 1 atom stereocenters. The van der Waals surface area contributed by atoms with Crippen LogP contribution in [0.3, 0.4) is 0 Å². The molecule has 3 rings (SSSR count). The van der Waals surface area contributed by atoms with Gasteiger partial charge in [0.25, 0.3) is 11.5 Å². The molecular formula is C15H18N4O2. The van der Waals surface area contributed by atoms with Crippen LogP contribution in [0.2, 0.25) is 0 Å². The normalized spacial score (nSPS) is 18.7. The maximum atomic E-state index is 12.7. The first-order valence-electron chi connectivity index (χ1n) is 7.17. The first-order chi connectivity index (χ1) is 10.2. The minimum atomic E-state index is -0.325. The number of nitrogens with one attached hydrogen (secondary N) is 2. The van der Waals surface area contributed by atoms with Gasteiger partial charge in [0.2, 0.25) is 0 Å². The zero-order valence-corrected chi connectivity index (χ0v) is 11.9. The lowest BCUT2D eigenvalue weighted by Gasteiger charge is -2.35. The first kappa shape index (κ1) is 13.6. The van der Waals surface area contributed by atoms with Crippen LogP contribution in [0.5, 0.6) is 0 Å². The summed E-state index contributed by atoms with van der Waals surface area (Å²) in [6.45, 7) is 2.46. The van der Waals surface area contributed by atoms with Gasteiger partial charge in [0.15, 0.2) is 0 Å². The molecule has 1 amide bonds. The van der Waals surface area contributed by atoms with Crippen LogP contribution in [-0.2, 0) is 0 Å². The fraction of sp³-hybridized carbons (Fsp3) is 0.400. The van der Waals surface area contributed by atoms with Crippen LogP contribution in [-0.4, -0.2) is 32.5 Å². The third-order valence-electron chi connectivity index (χ3n) is 3.93. The van der Waals surface area contributed by atoms with Gasteiger partial charge in [-0.15, -0.1) is 0 Å². The fourth-order valence-electron chi connectivity index (χ4n) is 2.85. The van der Waals surface area contributed by atoms with Crippen LogP contribution in [0.1, 0.15) is 47.1 Å². The van der Waals surface area contributed by atoms with E-state index in [-0.39, 0.29) is 23.1 Å². The van der Waals surface area contributed by atoms with Gasteiger partial charge in [-0.1, -0.05) is 0 Å². The molecule has 1 aliphatic heterocycles. The second-order valence-corrected chi connectivity index (χ2v) is 5.41. The summed E-state index contributed by atoms with van der Waals surface area (Å²) >= 11 is 0. The van der Waals surface area contributed by atoms with E-state index in [1.807, 2.05) is 6.07 Å². The number of nitrogens with zero attached hydrogens (tertiary/aromatic N) is 2. The van der Waals surface area contributed by atoms with Gasteiger partial charge in [0.05, 0.1) is 11.7 Å². The lowest BCUT2D eigenvalue weighted by Crippen LogP contribution is -2.40. The van der Waals surface area contributed by atoms with Gasteiger partial charge in [0, 0.05) is 18.4 Å². The highest BCUT2D eigenvalue weighted by Crippen LogP contribution is 2.30. The number of aromatic amines is 2. The van der Waals surface area contributed by atoms with E-state index in [9.17, 15) is 9.59 Å². The van der Waals surface area contributed by atoms with Gasteiger partial charge >= 0.3 is 0 Å². The van der Waals surface area contributed by atoms with Gasteiger partial charge in [-0.3, -0.25) is 14.7 Å². The van der Waals surface area contributed by atoms with E-state index in [1.54, 1.807) is 30.2 Å². The van der Waals surface area contributed by atoms with E-state index in [0.29, 0.717) is 6.54 Å². The largest absolute Gasteiger partial charge is 0.330 e. The summed E-state index contributed by atoms with van der Waals surface area (Å²) < 4.78 is 0. The summed E-state index contributed by atoms with van der Waals surface area (Å²) in [5, 5.41) is 6.90. The van der Waals surface area contributed by atoms with E-state index >= 15 is 0 Å². The topological polar surface area (TPSA) is 81.8 Å². The Hall–Kier alpha value is -2.37. The molecule has 6 heteroatoms. The molecule has 0 radical (unpaired) electrons. The van der Waals surface area contributed by atoms with E-state index in [1.165, 1.54) is 0 Å². The molecule has 6 nitrogen and oxygen atoms in total. The molecule has 0 unspecified atom stereocenters. The van der Waals surface area contributed by atoms with Crippen molar-refractivity contribution in [3.63, 3.8) is 0 Å². The molecule has 1 fully saturated rings. The maximum Gasteiger partial charge on any atom is 0.260 e. The predicted octanol–water partition coefficient (Wildman–Crippen LogP) is 1.77. The van der Waals surface area contributed by atoms with Crippen molar-refractivity contribution in [2.75, 3.05) is 6.54 Å². The molecule has 0 saturated carbocycles. The highest BCUT2D eigenvalue weighted by atomic mass is 16.2. The fourth-order valence-corrected chi connectivity index (χ4v) is 2.85. The van der Waals surface area contributed by atoms with Crippen molar-refractivity contribution in [1.29, 1.82) is 0 Å². The van der Waals surface area contributed by atoms with Crippen LogP contribution in [0.25, 0.3) is 0 Å². The molecule has 1 saturated heterocycles. The summed E-state index contributed by atoms with van der Waals surface area (Å²) in [6, 6.07) is 5.21. The van der Waals surface area contributed by atoms with Crippen molar-refractivity contribution in [3.05, 3.63) is 51.7 Å². The number of piperidine rings is 1. The van der Waals surface area contributed by atoms with Crippen molar-refractivity contribution in [2.24, 2.45) is 0 Å². The van der Waals surface area contributed by atoms with Gasteiger partial charge in [-0.2, -0.15) is 5.10 Å². The van der Waals surface area contributed by atoms with Crippen LogP contribution in [0, 0.1) is 6.92 Å². The number of amides is 1. The molecule has 110 valence electrons. The molecule has 3 heterocycles. The molecule has 2 aromatic heterocycles. The highest BCUT2D eigenvalue weighted by molar-refractivity contribution is 5.94. The second-order valence-electron chi connectivity index (χ2n) is 5.41. The number of aromatic nitrogens is 3. The third-order valence-corrected chi connectivity index (χ3v) is 3.93. The van der Waals surface area contributed by atoms with E-state index in [4.69, 9.17) is 0 Å². The number of hydrogen-bond acceptors (Lipinski definition) is 3. The molecule has 2 aromatic rings. The highest BCUT2D eigenvalue weighted by Gasteiger charge is 2.30. The van der Waals surface area contributed by atoms with E-state index in [2.05, 4.69) is 15.2 Å². The molecule has 0 aromatic carbocycles. The maximum absolute atomic E-state index is 12.7. The zero-order chi connectivity index (χ0) is 14.8. The van der Waals surface area contributed by atoms with Gasteiger partial charge in [-0.05, 0) is 44.4 Å². The quantitative estimate of drug-likeness (QED) is 0.882.